The zero-order valence-electron chi connectivity index (χ0n) is 13.4. The van der Waals surface area contributed by atoms with Crippen molar-refractivity contribution in [3.8, 4) is 11.3 Å². The first-order chi connectivity index (χ1) is 11.5. The molecular weight excluding hydrogens is 348 g/mol. The number of aliphatic hydroxyl groups excluding tert-OH is 1. The predicted molar refractivity (Wildman–Crippen MR) is 90.1 cm³/mol. The first kappa shape index (κ1) is 16.3. The van der Waals surface area contributed by atoms with Crippen LogP contribution in [0.5, 0.6) is 0 Å². The molecule has 0 radical (unpaired) electrons. The molecule has 3 atom stereocenters. The van der Waals surface area contributed by atoms with Crippen molar-refractivity contribution in [2.24, 2.45) is 5.41 Å². The van der Waals surface area contributed by atoms with Crippen LogP contribution in [0, 0.1) is 5.41 Å². The van der Waals surface area contributed by atoms with Gasteiger partial charge in [0.2, 0.25) is 0 Å². The Morgan fingerprint density at radius 3 is 2.96 bits per heavy atom. The van der Waals surface area contributed by atoms with E-state index in [1.54, 1.807) is 28.0 Å². The van der Waals surface area contributed by atoms with Crippen molar-refractivity contribution in [1.29, 1.82) is 0 Å². The van der Waals surface area contributed by atoms with Gasteiger partial charge in [-0.15, -0.1) is 11.3 Å². The standard InChI is InChI=1S/C16H20N2O4S2/c1-2-16(10-19)8-12-3-4-14(16)18(12)24(20,21)15-7-11(9-23-15)13-5-6-17-22-13/h5-7,9,12,14,19H,2-4,8,10H2,1H3/t12-,14+,16-/m0/s1. The SMILES string of the molecule is CC[C@@]1(CO)C[C@@H]2CC[C@H]1N2S(=O)(=O)c1cc(-c2ccno2)cs1. The van der Waals surface area contributed by atoms with Gasteiger partial charge in [0.25, 0.3) is 10.0 Å². The highest BCUT2D eigenvalue weighted by atomic mass is 32.2. The van der Waals surface area contributed by atoms with Gasteiger partial charge in [-0.25, -0.2) is 8.42 Å². The maximum absolute atomic E-state index is 13.2. The highest BCUT2D eigenvalue weighted by Gasteiger charge is 2.58. The minimum atomic E-state index is -3.56. The molecule has 2 saturated heterocycles. The van der Waals surface area contributed by atoms with E-state index in [2.05, 4.69) is 5.16 Å². The Labute approximate surface area is 145 Å². The molecule has 4 heterocycles. The molecule has 0 unspecified atom stereocenters. The molecule has 2 aromatic heterocycles. The predicted octanol–water partition coefficient (Wildman–Crippen LogP) is 2.72. The second kappa shape index (κ2) is 5.66. The normalized spacial score (nSPS) is 30.2. The number of aromatic nitrogens is 1. The van der Waals surface area contributed by atoms with Gasteiger partial charge in [-0.2, -0.15) is 4.31 Å². The van der Waals surface area contributed by atoms with Gasteiger partial charge in [-0.05, 0) is 31.7 Å². The topological polar surface area (TPSA) is 83.6 Å². The molecule has 1 N–H and O–H groups in total. The Bertz CT molecular complexity index is 824. The molecule has 24 heavy (non-hydrogen) atoms. The molecule has 0 aromatic carbocycles. The van der Waals surface area contributed by atoms with Gasteiger partial charge in [-0.1, -0.05) is 12.1 Å². The van der Waals surface area contributed by atoms with E-state index in [0.717, 1.165) is 31.2 Å². The molecule has 4 rings (SSSR count). The summed E-state index contributed by atoms with van der Waals surface area (Å²) in [6.07, 6.45) is 4.80. The number of nitrogens with zero attached hydrogens (tertiary/aromatic N) is 2. The number of thiophene rings is 1. The molecule has 2 fully saturated rings. The molecule has 8 heteroatoms. The maximum atomic E-state index is 13.2. The number of fused-ring (bicyclic) bond motifs is 2. The maximum Gasteiger partial charge on any atom is 0.253 e. The molecular formula is C16H20N2O4S2. The number of rotatable bonds is 5. The van der Waals surface area contributed by atoms with Gasteiger partial charge in [0.1, 0.15) is 4.21 Å². The summed E-state index contributed by atoms with van der Waals surface area (Å²) >= 11 is 1.21. The summed E-state index contributed by atoms with van der Waals surface area (Å²) in [5, 5.41) is 15.3. The Kier molecular flexibility index (Phi) is 3.83. The van der Waals surface area contributed by atoms with Crippen molar-refractivity contribution in [3.05, 3.63) is 23.7 Å². The van der Waals surface area contributed by atoms with Gasteiger partial charge in [0.05, 0.1) is 12.8 Å². The van der Waals surface area contributed by atoms with E-state index in [4.69, 9.17) is 4.52 Å². The molecule has 0 spiro atoms. The van der Waals surface area contributed by atoms with Gasteiger partial charge in [-0.3, -0.25) is 0 Å². The van der Waals surface area contributed by atoms with Gasteiger partial charge in [0.15, 0.2) is 5.76 Å². The Balaban J connectivity index is 1.69. The molecule has 6 nitrogen and oxygen atoms in total. The van der Waals surface area contributed by atoms with Crippen LogP contribution < -0.4 is 0 Å². The fraction of sp³-hybridized carbons (Fsp3) is 0.562. The van der Waals surface area contributed by atoms with Crippen molar-refractivity contribution in [2.75, 3.05) is 6.61 Å². The summed E-state index contributed by atoms with van der Waals surface area (Å²) in [5.41, 5.74) is 0.438. The minimum absolute atomic E-state index is 0.00271. The lowest BCUT2D eigenvalue weighted by atomic mass is 9.72. The molecule has 2 bridgehead atoms. The Morgan fingerprint density at radius 1 is 1.50 bits per heavy atom. The molecule has 0 amide bonds. The summed E-state index contributed by atoms with van der Waals surface area (Å²) in [4.78, 5) is 0. The summed E-state index contributed by atoms with van der Waals surface area (Å²) in [6.45, 7) is 2.08. The molecule has 2 aliphatic heterocycles. The number of hydrogen-bond donors (Lipinski definition) is 1. The highest BCUT2D eigenvalue weighted by Crippen LogP contribution is 2.53. The Morgan fingerprint density at radius 2 is 2.33 bits per heavy atom. The minimum Gasteiger partial charge on any atom is -0.396 e. The molecule has 0 aliphatic carbocycles. The van der Waals surface area contributed by atoms with Crippen LogP contribution in [0.15, 0.2) is 32.4 Å². The Hall–Kier alpha value is -1.22. The zero-order valence-corrected chi connectivity index (χ0v) is 15.0. The van der Waals surface area contributed by atoms with Crippen LogP contribution >= 0.6 is 11.3 Å². The first-order valence-corrected chi connectivity index (χ1v) is 10.5. The third-order valence-electron chi connectivity index (χ3n) is 5.64. The van der Waals surface area contributed by atoms with Crippen molar-refractivity contribution >= 4 is 21.4 Å². The van der Waals surface area contributed by atoms with E-state index in [1.807, 2.05) is 6.92 Å². The van der Waals surface area contributed by atoms with Gasteiger partial charge >= 0.3 is 0 Å². The van der Waals surface area contributed by atoms with Crippen LogP contribution in [0.3, 0.4) is 0 Å². The van der Waals surface area contributed by atoms with Crippen LogP contribution in [0.25, 0.3) is 11.3 Å². The molecule has 0 saturated carbocycles. The lowest BCUT2D eigenvalue weighted by Crippen LogP contribution is -2.42. The largest absolute Gasteiger partial charge is 0.396 e. The van der Waals surface area contributed by atoms with E-state index in [9.17, 15) is 13.5 Å². The van der Waals surface area contributed by atoms with Crippen LogP contribution in [-0.4, -0.2) is 41.7 Å². The number of aliphatic hydroxyl groups is 1. The highest BCUT2D eigenvalue weighted by molar-refractivity contribution is 7.91. The van der Waals surface area contributed by atoms with E-state index >= 15 is 0 Å². The van der Waals surface area contributed by atoms with E-state index in [1.165, 1.54) is 11.3 Å². The fourth-order valence-corrected chi connectivity index (χ4v) is 7.54. The van der Waals surface area contributed by atoms with Crippen LogP contribution in [0.2, 0.25) is 0 Å². The summed E-state index contributed by atoms with van der Waals surface area (Å²) in [5.74, 6) is 0.565. The molecule has 2 aliphatic rings. The lowest BCUT2D eigenvalue weighted by molar-refractivity contribution is 0.0849. The van der Waals surface area contributed by atoms with Crippen LogP contribution in [-0.2, 0) is 10.0 Å². The van der Waals surface area contributed by atoms with E-state index in [-0.39, 0.29) is 24.1 Å². The van der Waals surface area contributed by atoms with Gasteiger partial charge in [0, 0.05) is 34.5 Å². The lowest BCUT2D eigenvalue weighted by Gasteiger charge is -2.34. The van der Waals surface area contributed by atoms with Crippen molar-refractivity contribution in [2.45, 2.75) is 48.9 Å². The second-order valence-electron chi connectivity index (χ2n) is 6.69. The third-order valence-corrected chi connectivity index (χ3v) is 9.01. The van der Waals surface area contributed by atoms with Crippen LogP contribution in [0.1, 0.15) is 32.6 Å². The summed E-state index contributed by atoms with van der Waals surface area (Å²) < 4.78 is 33.5. The second-order valence-corrected chi connectivity index (χ2v) is 9.67. The van der Waals surface area contributed by atoms with Crippen molar-refractivity contribution < 1.29 is 18.0 Å². The number of sulfonamides is 1. The van der Waals surface area contributed by atoms with Crippen molar-refractivity contribution in [3.63, 3.8) is 0 Å². The average Bonchev–Trinajstić information content (AvgIpc) is 3.36. The summed E-state index contributed by atoms with van der Waals surface area (Å²) in [6, 6.07) is 3.28. The number of hydrogen-bond acceptors (Lipinski definition) is 6. The van der Waals surface area contributed by atoms with Crippen LogP contribution in [0.4, 0.5) is 0 Å². The quantitative estimate of drug-likeness (QED) is 0.877. The zero-order chi connectivity index (χ0) is 16.9. The van der Waals surface area contributed by atoms with Crippen molar-refractivity contribution in [1.82, 2.24) is 9.46 Å². The smallest absolute Gasteiger partial charge is 0.253 e. The average molecular weight is 368 g/mol. The monoisotopic (exact) mass is 368 g/mol. The fourth-order valence-electron chi connectivity index (χ4n) is 4.31. The molecule has 130 valence electrons. The first-order valence-electron chi connectivity index (χ1n) is 8.16. The molecule has 2 aromatic rings. The third kappa shape index (κ3) is 2.20. The van der Waals surface area contributed by atoms with E-state index < -0.39 is 10.0 Å². The van der Waals surface area contributed by atoms with Gasteiger partial charge < -0.3 is 9.63 Å². The van der Waals surface area contributed by atoms with E-state index in [0.29, 0.717) is 9.97 Å². The summed E-state index contributed by atoms with van der Waals surface area (Å²) in [7, 11) is -3.56.